The largest absolute Gasteiger partial charge is 0.472 e. The molecule has 424 valence electrons. The van der Waals surface area contributed by atoms with Crippen LogP contribution in [-0.2, 0) is 27.9 Å². The molecule has 71 heavy (non-hydrogen) atoms. The van der Waals surface area contributed by atoms with Crippen LogP contribution in [0, 0.1) is 0 Å². The standard InChI is InChI=1S/C62H124NO7P/c1-6-8-10-12-14-16-18-20-22-24-26-28-30-31-32-34-36-38-40-42-44-46-48-50-52-54-57-67-59-61(60-69-71(65,66)68-58-56-63(3,4)5)70-62(64)55-53-51-49-47-45-43-41-39-37-35-33-29-27-25-23-21-19-17-15-13-11-9-7-2/h25,27,61H,6-24,26,28-60H2,1-5H3/p+1/b27-25-. The molecule has 0 bridgehead atoms. The lowest BCUT2D eigenvalue weighted by Crippen LogP contribution is -2.37. The third-order valence-electron chi connectivity index (χ3n) is 14.3. The molecule has 0 amide bonds. The highest BCUT2D eigenvalue weighted by Crippen LogP contribution is 2.43. The number of phosphoric ester groups is 1. The Morgan fingerprint density at radius 2 is 0.732 bits per heavy atom. The zero-order valence-corrected chi connectivity index (χ0v) is 49.4. The van der Waals surface area contributed by atoms with Crippen LogP contribution in [0.4, 0.5) is 0 Å². The third-order valence-corrected chi connectivity index (χ3v) is 15.3. The molecule has 2 atom stereocenters. The second kappa shape index (κ2) is 55.5. The molecule has 0 aliphatic heterocycles. The summed E-state index contributed by atoms with van der Waals surface area (Å²) in [5, 5.41) is 0. The van der Waals surface area contributed by atoms with Gasteiger partial charge in [-0.3, -0.25) is 13.8 Å². The Labute approximate surface area is 443 Å². The summed E-state index contributed by atoms with van der Waals surface area (Å²) in [5.74, 6) is -0.305. The predicted octanol–water partition coefficient (Wildman–Crippen LogP) is 20.1. The molecule has 0 aliphatic carbocycles. The number of rotatable bonds is 60. The molecule has 9 heteroatoms. The smallest absolute Gasteiger partial charge is 0.457 e. The first-order valence-electron chi connectivity index (χ1n) is 31.4. The Kier molecular flexibility index (Phi) is 54.9. The van der Waals surface area contributed by atoms with Crippen molar-refractivity contribution in [2.75, 3.05) is 54.1 Å². The lowest BCUT2D eigenvalue weighted by Gasteiger charge is -2.24. The van der Waals surface area contributed by atoms with E-state index in [1.165, 1.54) is 270 Å². The van der Waals surface area contributed by atoms with E-state index in [-0.39, 0.29) is 25.8 Å². The van der Waals surface area contributed by atoms with Crippen LogP contribution in [0.3, 0.4) is 0 Å². The first-order valence-corrected chi connectivity index (χ1v) is 32.9. The molecule has 8 nitrogen and oxygen atoms in total. The molecule has 0 saturated heterocycles. The summed E-state index contributed by atoms with van der Waals surface area (Å²) in [4.78, 5) is 23.1. The van der Waals surface area contributed by atoms with Gasteiger partial charge in [0.15, 0.2) is 0 Å². The number of hydrogen-bond donors (Lipinski definition) is 1. The Balaban J connectivity index is 3.97. The molecule has 0 radical (unpaired) electrons. The van der Waals surface area contributed by atoms with Gasteiger partial charge in [0.1, 0.15) is 19.3 Å². The van der Waals surface area contributed by atoms with Crippen LogP contribution in [0.25, 0.3) is 0 Å². The van der Waals surface area contributed by atoms with Crippen LogP contribution in [0.1, 0.15) is 322 Å². The van der Waals surface area contributed by atoms with E-state index in [0.29, 0.717) is 24.1 Å². The SMILES string of the molecule is CCCCCCCCCC/C=C\CCCCCCCCCCCCCC(=O)OC(COCCCCCCCCCCCCCCCCCCCCCCCCCCCC)COP(=O)(O)OCC[N+](C)(C)C. The average molecular weight is 1030 g/mol. The van der Waals surface area contributed by atoms with Crippen LogP contribution in [-0.4, -0.2) is 75.6 Å². The minimum atomic E-state index is -4.28. The molecule has 2 unspecified atom stereocenters. The van der Waals surface area contributed by atoms with Crippen molar-refractivity contribution >= 4 is 13.8 Å². The highest BCUT2D eigenvalue weighted by atomic mass is 31.2. The van der Waals surface area contributed by atoms with Gasteiger partial charge in [0, 0.05) is 13.0 Å². The number of allylic oxidation sites excluding steroid dienone is 2. The number of esters is 1. The van der Waals surface area contributed by atoms with Gasteiger partial charge in [-0.15, -0.1) is 0 Å². The van der Waals surface area contributed by atoms with Gasteiger partial charge in [0.05, 0.1) is 34.4 Å². The van der Waals surface area contributed by atoms with Gasteiger partial charge in [0.2, 0.25) is 0 Å². The second-order valence-electron chi connectivity index (χ2n) is 22.8. The summed E-state index contributed by atoms with van der Waals surface area (Å²) in [7, 11) is 1.69. The maximum Gasteiger partial charge on any atom is 0.472 e. The minimum absolute atomic E-state index is 0.0926. The molecule has 0 aromatic rings. The van der Waals surface area contributed by atoms with E-state index in [0.717, 1.165) is 32.1 Å². The Morgan fingerprint density at radius 3 is 1.07 bits per heavy atom. The van der Waals surface area contributed by atoms with Crippen LogP contribution in [0.15, 0.2) is 12.2 Å². The zero-order chi connectivity index (χ0) is 51.9. The molecule has 0 heterocycles. The maximum absolute atomic E-state index is 12.8. The number of nitrogens with zero attached hydrogens (tertiary/aromatic N) is 1. The second-order valence-corrected chi connectivity index (χ2v) is 24.3. The highest BCUT2D eigenvalue weighted by Gasteiger charge is 2.26. The molecule has 0 rings (SSSR count). The van der Waals surface area contributed by atoms with Gasteiger partial charge in [-0.05, 0) is 38.5 Å². The van der Waals surface area contributed by atoms with Crippen molar-refractivity contribution in [2.24, 2.45) is 0 Å². The molecule has 0 aromatic carbocycles. The van der Waals surface area contributed by atoms with Crippen molar-refractivity contribution < 1.29 is 37.3 Å². The number of ether oxygens (including phenoxy) is 2. The van der Waals surface area contributed by atoms with Crippen LogP contribution < -0.4 is 0 Å². The Morgan fingerprint density at radius 1 is 0.423 bits per heavy atom. The van der Waals surface area contributed by atoms with Crippen LogP contribution in [0.5, 0.6) is 0 Å². The van der Waals surface area contributed by atoms with Gasteiger partial charge < -0.3 is 18.9 Å². The average Bonchev–Trinajstić information content (AvgIpc) is 3.33. The maximum atomic E-state index is 12.8. The first kappa shape index (κ1) is 70.2. The molecule has 0 saturated carbocycles. The van der Waals surface area contributed by atoms with Crippen molar-refractivity contribution in [2.45, 2.75) is 328 Å². The summed E-state index contributed by atoms with van der Waals surface area (Å²) in [6, 6.07) is 0. The number of likely N-dealkylation sites (N-methyl/N-ethyl adjacent to an activating group) is 1. The van der Waals surface area contributed by atoms with Crippen molar-refractivity contribution in [3.63, 3.8) is 0 Å². The van der Waals surface area contributed by atoms with Gasteiger partial charge in [0.25, 0.3) is 0 Å². The van der Waals surface area contributed by atoms with Gasteiger partial charge >= 0.3 is 13.8 Å². The van der Waals surface area contributed by atoms with E-state index in [9.17, 15) is 14.3 Å². The van der Waals surface area contributed by atoms with Crippen molar-refractivity contribution in [3.8, 4) is 0 Å². The van der Waals surface area contributed by atoms with E-state index in [2.05, 4.69) is 26.0 Å². The molecular formula is C62H125NO7P+. The fraction of sp³-hybridized carbons (Fsp3) is 0.952. The summed E-state index contributed by atoms with van der Waals surface area (Å²) >= 11 is 0. The molecule has 0 aromatic heterocycles. The van der Waals surface area contributed by atoms with Crippen molar-refractivity contribution in [1.82, 2.24) is 0 Å². The Hall–Kier alpha value is -0.760. The fourth-order valence-electron chi connectivity index (χ4n) is 9.49. The lowest BCUT2D eigenvalue weighted by molar-refractivity contribution is -0.870. The number of quaternary nitrogens is 1. The molecule has 0 spiro atoms. The number of hydrogen-bond acceptors (Lipinski definition) is 6. The number of phosphoric acid groups is 1. The fourth-order valence-corrected chi connectivity index (χ4v) is 10.2. The molecule has 0 fully saturated rings. The van der Waals surface area contributed by atoms with E-state index in [1.54, 1.807) is 0 Å². The normalized spacial score (nSPS) is 13.4. The molecule has 0 aliphatic rings. The van der Waals surface area contributed by atoms with Crippen molar-refractivity contribution in [1.29, 1.82) is 0 Å². The zero-order valence-electron chi connectivity index (χ0n) is 48.5. The highest BCUT2D eigenvalue weighted by molar-refractivity contribution is 7.47. The van der Waals surface area contributed by atoms with Gasteiger partial charge in [-0.1, -0.05) is 289 Å². The molecular weight excluding hydrogens is 902 g/mol. The topological polar surface area (TPSA) is 91.3 Å². The summed E-state index contributed by atoms with van der Waals surface area (Å²) in [6.07, 6.45) is 67.2. The van der Waals surface area contributed by atoms with E-state index in [4.69, 9.17) is 18.5 Å². The number of carbonyl (C=O) groups is 1. The van der Waals surface area contributed by atoms with Crippen LogP contribution in [0.2, 0.25) is 0 Å². The summed E-state index contributed by atoms with van der Waals surface area (Å²) in [6.45, 7) is 5.71. The van der Waals surface area contributed by atoms with Crippen LogP contribution >= 0.6 is 7.82 Å². The third kappa shape index (κ3) is 60.0. The van der Waals surface area contributed by atoms with E-state index >= 15 is 0 Å². The Bertz CT molecular complexity index is 1150. The van der Waals surface area contributed by atoms with Gasteiger partial charge in [-0.2, -0.15) is 0 Å². The van der Waals surface area contributed by atoms with Gasteiger partial charge in [-0.25, -0.2) is 4.57 Å². The van der Waals surface area contributed by atoms with Crippen molar-refractivity contribution in [3.05, 3.63) is 12.2 Å². The van der Waals surface area contributed by atoms with E-state index in [1.807, 2.05) is 21.1 Å². The number of unbranched alkanes of at least 4 members (excludes halogenated alkanes) is 44. The predicted molar refractivity (Wildman–Crippen MR) is 307 cm³/mol. The van der Waals surface area contributed by atoms with E-state index < -0.39 is 13.9 Å². The number of carbonyl (C=O) groups excluding carboxylic acids is 1. The first-order chi connectivity index (χ1) is 34.6. The lowest BCUT2D eigenvalue weighted by atomic mass is 10.0. The summed E-state index contributed by atoms with van der Waals surface area (Å²) < 4.78 is 35.3. The minimum Gasteiger partial charge on any atom is -0.457 e. The monoisotopic (exact) mass is 1030 g/mol. The quantitative estimate of drug-likeness (QED) is 0.0213. The summed E-state index contributed by atoms with van der Waals surface area (Å²) in [5.41, 5.74) is 0. The molecule has 1 N–H and O–H groups in total.